The summed E-state index contributed by atoms with van der Waals surface area (Å²) in [6.45, 7) is 3.93. The molecule has 0 radical (unpaired) electrons. The molecule has 0 spiro atoms. The first-order valence-corrected chi connectivity index (χ1v) is 8.60. The average Bonchev–Trinajstić information content (AvgIpc) is 3.04. The number of carbonyl (C=O) groups is 1. The van der Waals surface area contributed by atoms with Gasteiger partial charge < -0.3 is 10.1 Å². The minimum atomic E-state index is -0.374. The van der Waals surface area contributed by atoms with Crippen LogP contribution in [0, 0.1) is 12.7 Å². The minimum absolute atomic E-state index is 0.105. The van der Waals surface area contributed by atoms with E-state index in [0.717, 1.165) is 0 Å². The summed E-state index contributed by atoms with van der Waals surface area (Å²) in [7, 11) is 0. The van der Waals surface area contributed by atoms with Crippen molar-refractivity contribution in [2.75, 3.05) is 11.9 Å². The van der Waals surface area contributed by atoms with Gasteiger partial charge in [-0.1, -0.05) is 12.1 Å². The number of hydrogen-bond acceptors (Lipinski definition) is 6. The Morgan fingerprint density at radius 1 is 1.33 bits per heavy atom. The number of hydrogen-bond donors (Lipinski definition) is 2. The molecule has 0 amide bonds. The van der Waals surface area contributed by atoms with Crippen molar-refractivity contribution in [2.24, 2.45) is 0 Å². The van der Waals surface area contributed by atoms with Crippen LogP contribution in [0.5, 0.6) is 0 Å². The molecule has 27 heavy (non-hydrogen) atoms. The molecule has 0 aliphatic rings. The minimum Gasteiger partial charge on any atom is -0.466 e. The summed E-state index contributed by atoms with van der Waals surface area (Å²) in [5, 5.41) is 5.78. The van der Waals surface area contributed by atoms with E-state index >= 15 is 0 Å². The monoisotopic (exact) mass is 373 g/mol. The molecule has 2 aromatic heterocycles. The van der Waals surface area contributed by atoms with Gasteiger partial charge in [0.15, 0.2) is 0 Å². The smallest absolute Gasteiger partial charge is 0.306 e. The maximum atomic E-state index is 13.7. The second-order valence-electron chi connectivity index (χ2n) is 5.93. The number of benzene rings is 1. The van der Waals surface area contributed by atoms with E-state index in [9.17, 15) is 14.0 Å². The summed E-state index contributed by atoms with van der Waals surface area (Å²) < 4.78 is 19.8. The second-order valence-corrected chi connectivity index (χ2v) is 5.93. The third-order valence-corrected chi connectivity index (χ3v) is 4.05. The molecule has 0 atom stereocenters. The number of carbonyl (C=O) groups excluding carboxylic acids is 1. The molecule has 0 unspecified atom stereocenters. The number of aryl methyl sites for hydroxylation is 1. The van der Waals surface area contributed by atoms with Gasteiger partial charge in [0.1, 0.15) is 11.6 Å². The Kier molecular flexibility index (Phi) is 5.49. The molecule has 2 N–H and O–H groups in total. The second kappa shape index (κ2) is 7.98. The van der Waals surface area contributed by atoms with Gasteiger partial charge in [-0.3, -0.25) is 14.7 Å². The first-order valence-electron chi connectivity index (χ1n) is 8.60. The predicted molar refractivity (Wildman–Crippen MR) is 97.0 cm³/mol. The van der Waals surface area contributed by atoms with E-state index in [4.69, 9.17) is 4.74 Å². The number of H-pyrrole nitrogens is 1. The molecule has 3 rings (SSSR count). The summed E-state index contributed by atoms with van der Waals surface area (Å²) in [5.41, 5.74) is 0.971. The maximum Gasteiger partial charge on any atom is 0.306 e. The molecule has 0 fully saturated rings. The molecule has 0 saturated heterocycles. The average molecular weight is 373 g/mol. The molecular weight excluding hydrogens is 353 g/mol. The Hall–Kier alpha value is -3.23. The highest BCUT2D eigenvalue weighted by molar-refractivity contribution is 5.69. The molecule has 8 nitrogen and oxygen atoms in total. The van der Waals surface area contributed by atoms with Crippen molar-refractivity contribution in [1.29, 1.82) is 0 Å². The zero-order valence-corrected chi connectivity index (χ0v) is 15.1. The van der Waals surface area contributed by atoms with Gasteiger partial charge in [0.25, 0.3) is 11.3 Å². The van der Waals surface area contributed by atoms with Gasteiger partial charge in [-0.15, -0.1) is 0 Å². The molecule has 142 valence electrons. The highest BCUT2D eigenvalue weighted by Gasteiger charge is 2.15. The molecule has 9 heteroatoms. The van der Waals surface area contributed by atoms with E-state index in [-0.39, 0.29) is 42.5 Å². The van der Waals surface area contributed by atoms with E-state index in [2.05, 4.69) is 20.4 Å². The molecule has 0 aliphatic heterocycles. The maximum absolute atomic E-state index is 13.7. The van der Waals surface area contributed by atoms with Gasteiger partial charge in [-0.05, 0) is 32.4 Å². The number of aromatic amines is 1. The van der Waals surface area contributed by atoms with E-state index in [0.29, 0.717) is 29.4 Å². The lowest BCUT2D eigenvalue weighted by Gasteiger charge is -2.05. The largest absolute Gasteiger partial charge is 0.466 e. The number of rotatable bonds is 7. The standard InChI is InChI=1S/C18H20FN5O3/c1-3-27-16(25)9-8-12-11(2)21-18-22-15(23-24(18)17(12)26)10-20-14-7-5-4-6-13(14)19/h4-7,20H,3,8-10H2,1-2H3,(H,21,22,23). The van der Waals surface area contributed by atoms with Gasteiger partial charge in [-0.2, -0.15) is 9.50 Å². The molecule has 2 heterocycles. The van der Waals surface area contributed by atoms with Crippen molar-refractivity contribution >= 4 is 17.4 Å². The van der Waals surface area contributed by atoms with Crippen molar-refractivity contribution in [2.45, 2.75) is 33.2 Å². The zero-order chi connectivity index (χ0) is 19.4. The fourth-order valence-corrected chi connectivity index (χ4v) is 2.71. The number of nitrogens with one attached hydrogen (secondary N) is 2. The van der Waals surface area contributed by atoms with Crippen LogP contribution in [0.2, 0.25) is 0 Å². The molecule has 0 saturated carbocycles. The van der Waals surface area contributed by atoms with Gasteiger partial charge in [-0.25, -0.2) is 9.37 Å². The Morgan fingerprint density at radius 3 is 2.85 bits per heavy atom. The molecule has 0 aliphatic carbocycles. The Bertz CT molecular complexity index is 1030. The zero-order valence-electron chi connectivity index (χ0n) is 15.1. The van der Waals surface area contributed by atoms with Crippen LogP contribution in [-0.4, -0.2) is 32.2 Å². The highest BCUT2D eigenvalue weighted by atomic mass is 19.1. The fraction of sp³-hybridized carbons (Fsp3) is 0.333. The highest BCUT2D eigenvalue weighted by Crippen LogP contribution is 2.13. The van der Waals surface area contributed by atoms with Crippen LogP contribution in [0.1, 0.15) is 30.4 Å². The van der Waals surface area contributed by atoms with Crippen LogP contribution in [0.3, 0.4) is 0 Å². The van der Waals surface area contributed by atoms with Gasteiger partial charge in [0, 0.05) is 12.0 Å². The van der Waals surface area contributed by atoms with Crippen molar-refractivity contribution in [3.63, 3.8) is 0 Å². The van der Waals surface area contributed by atoms with Gasteiger partial charge in [0.2, 0.25) is 0 Å². The summed E-state index contributed by atoms with van der Waals surface area (Å²) in [5.74, 6) is -0.0747. The normalized spacial score (nSPS) is 10.9. The number of esters is 1. The van der Waals surface area contributed by atoms with Crippen LogP contribution in [0.15, 0.2) is 29.1 Å². The van der Waals surface area contributed by atoms with Crippen molar-refractivity contribution in [3.05, 3.63) is 57.5 Å². The first-order chi connectivity index (χ1) is 13.0. The SMILES string of the molecule is CCOC(=O)CCc1c(C)nc2nc(CNc3ccccc3F)[nH]n2c1=O. The van der Waals surface area contributed by atoms with Crippen molar-refractivity contribution in [1.82, 2.24) is 19.6 Å². The third kappa shape index (κ3) is 4.13. The lowest BCUT2D eigenvalue weighted by Crippen LogP contribution is -2.23. The number of fused-ring (bicyclic) bond motifs is 1. The predicted octanol–water partition coefficient (Wildman–Crippen LogP) is 1.97. The summed E-state index contributed by atoms with van der Waals surface area (Å²) >= 11 is 0. The summed E-state index contributed by atoms with van der Waals surface area (Å²) in [6, 6.07) is 6.29. The van der Waals surface area contributed by atoms with Crippen molar-refractivity contribution < 1.29 is 13.9 Å². The van der Waals surface area contributed by atoms with E-state index in [1.807, 2.05) is 0 Å². The summed E-state index contributed by atoms with van der Waals surface area (Å²) in [4.78, 5) is 32.8. The van der Waals surface area contributed by atoms with Crippen molar-refractivity contribution in [3.8, 4) is 0 Å². The number of anilines is 1. The fourth-order valence-electron chi connectivity index (χ4n) is 2.71. The molecule has 0 bridgehead atoms. The Labute approximate surface area is 154 Å². The van der Waals surface area contributed by atoms with Crippen LogP contribution in [0.4, 0.5) is 10.1 Å². The number of ether oxygens (including phenoxy) is 1. The Morgan fingerprint density at radius 2 is 2.11 bits per heavy atom. The lowest BCUT2D eigenvalue weighted by molar-refractivity contribution is -0.143. The van der Waals surface area contributed by atoms with Crippen LogP contribution in [-0.2, 0) is 22.5 Å². The Balaban J connectivity index is 1.80. The molecule has 3 aromatic rings. The number of nitrogens with zero attached hydrogens (tertiary/aromatic N) is 3. The molecular formula is C18H20FN5O3. The van der Waals surface area contributed by atoms with E-state index in [1.54, 1.807) is 32.0 Å². The van der Waals surface area contributed by atoms with Gasteiger partial charge >= 0.3 is 5.97 Å². The van der Waals surface area contributed by atoms with E-state index in [1.165, 1.54) is 10.6 Å². The quantitative estimate of drug-likeness (QED) is 0.614. The van der Waals surface area contributed by atoms with Crippen LogP contribution in [0.25, 0.3) is 5.78 Å². The third-order valence-electron chi connectivity index (χ3n) is 4.05. The van der Waals surface area contributed by atoms with Gasteiger partial charge in [0.05, 0.1) is 24.5 Å². The van der Waals surface area contributed by atoms with Crippen LogP contribution < -0.4 is 10.9 Å². The van der Waals surface area contributed by atoms with E-state index < -0.39 is 0 Å². The molecule has 1 aromatic carbocycles. The first kappa shape index (κ1) is 18.6. The lowest BCUT2D eigenvalue weighted by atomic mass is 10.1. The number of halogens is 1. The summed E-state index contributed by atoms with van der Waals surface area (Å²) in [6.07, 6.45) is 0.342. The van der Waals surface area contributed by atoms with Crippen LogP contribution >= 0.6 is 0 Å². The topological polar surface area (TPSA) is 101 Å². The number of aromatic nitrogens is 4. The number of para-hydroxylation sites is 1.